The number of halogens is 3. The Kier molecular flexibility index (Phi) is 5.62. The van der Waals surface area contributed by atoms with Crippen molar-refractivity contribution in [2.45, 2.75) is 19.5 Å². The fourth-order valence-corrected chi connectivity index (χ4v) is 2.40. The van der Waals surface area contributed by atoms with Crippen LogP contribution in [0, 0.1) is 6.92 Å². The zero-order chi connectivity index (χ0) is 20.1. The number of aryl methyl sites for hydroxylation is 1. The van der Waals surface area contributed by atoms with E-state index < -0.39 is 11.7 Å². The van der Waals surface area contributed by atoms with Crippen molar-refractivity contribution in [1.82, 2.24) is 15.5 Å². The number of nitrogens with one attached hydrogen (secondary N) is 1. The van der Waals surface area contributed by atoms with Gasteiger partial charge in [-0.2, -0.15) is 18.2 Å². The monoisotopic (exact) mass is 391 g/mol. The molecule has 146 valence electrons. The van der Waals surface area contributed by atoms with E-state index in [1.165, 1.54) is 18.2 Å². The number of hydrogen-bond donors (Lipinski definition) is 1. The van der Waals surface area contributed by atoms with E-state index in [9.17, 15) is 18.0 Å². The molecule has 1 N–H and O–H groups in total. The van der Waals surface area contributed by atoms with Crippen LogP contribution < -0.4 is 10.1 Å². The molecule has 6 nitrogen and oxygen atoms in total. The van der Waals surface area contributed by atoms with Crippen molar-refractivity contribution < 1.29 is 27.2 Å². The summed E-state index contributed by atoms with van der Waals surface area (Å²) >= 11 is 0. The minimum atomic E-state index is -4.46. The van der Waals surface area contributed by atoms with Crippen molar-refractivity contribution in [1.29, 1.82) is 0 Å². The van der Waals surface area contributed by atoms with Gasteiger partial charge >= 0.3 is 6.18 Å². The maximum absolute atomic E-state index is 12.8. The van der Waals surface area contributed by atoms with Gasteiger partial charge < -0.3 is 14.6 Å². The predicted molar refractivity (Wildman–Crippen MR) is 93.0 cm³/mol. The molecule has 0 fully saturated rings. The number of ether oxygens (including phenoxy) is 1. The van der Waals surface area contributed by atoms with Crippen molar-refractivity contribution in [3.8, 4) is 11.5 Å². The number of hydrogen-bond acceptors (Lipinski definition) is 5. The Hall–Kier alpha value is -3.36. The number of rotatable bonds is 6. The smallest absolute Gasteiger partial charge is 0.416 e. The zero-order valence-corrected chi connectivity index (χ0v) is 14.8. The van der Waals surface area contributed by atoms with Gasteiger partial charge in [0.1, 0.15) is 11.5 Å². The molecule has 28 heavy (non-hydrogen) atoms. The average Bonchev–Trinajstić information content (AvgIpc) is 3.06. The SMILES string of the molecule is Cc1noc(CCNC(=O)c2cccc(Oc3cccc(C(F)(F)F)c3)c2)n1. The van der Waals surface area contributed by atoms with E-state index in [1.54, 1.807) is 25.1 Å². The Balaban J connectivity index is 1.62. The highest BCUT2D eigenvalue weighted by Gasteiger charge is 2.30. The largest absolute Gasteiger partial charge is 0.457 e. The lowest BCUT2D eigenvalue weighted by Gasteiger charge is -2.11. The first kappa shape index (κ1) is 19.4. The quantitative estimate of drug-likeness (QED) is 0.683. The molecule has 3 rings (SSSR count). The molecule has 0 unspecified atom stereocenters. The Bertz CT molecular complexity index is 970. The highest BCUT2D eigenvalue weighted by Crippen LogP contribution is 2.32. The number of amides is 1. The van der Waals surface area contributed by atoms with Crippen molar-refractivity contribution in [2.75, 3.05) is 6.54 Å². The van der Waals surface area contributed by atoms with Gasteiger partial charge in [-0.1, -0.05) is 17.3 Å². The Morgan fingerprint density at radius 3 is 2.54 bits per heavy atom. The molecule has 0 aliphatic carbocycles. The van der Waals surface area contributed by atoms with E-state index in [2.05, 4.69) is 15.5 Å². The van der Waals surface area contributed by atoms with Gasteiger partial charge in [-0.15, -0.1) is 0 Å². The molecular formula is C19H16F3N3O3. The molecular weight excluding hydrogens is 375 g/mol. The Morgan fingerprint density at radius 1 is 1.14 bits per heavy atom. The summed E-state index contributed by atoms with van der Waals surface area (Å²) in [7, 11) is 0. The molecule has 1 amide bonds. The lowest BCUT2D eigenvalue weighted by atomic mass is 10.2. The van der Waals surface area contributed by atoms with Crippen LogP contribution in [0.15, 0.2) is 53.1 Å². The molecule has 0 saturated carbocycles. The molecule has 2 aromatic carbocycles. The molecule has 0 spiro atoms. The summed E-state index contributed by atoms with van der Waals surface area (Å²) in [5.41, 5.74) is -0.499. The molecule has 1 aromatic heterocycles. The van der Waals surface area contributed by atoms with E-state index in [0.717, 1.165) is 12.1 Å². The number of aromatic nitrogens is 2. The average molecular weight is 391 g/mol. The molecule has 0 saturated heterocycles. The molecule has 3 aromatic rings. The number of carbonyl (C=O) groups excluding carboxylic acids is 1. The van der Waals surface area contributed by atoms with Crippen LogP contribution in [-0.4, -0.2) is 22.6 Å². The van der Waals surface area contributed by atoms with Crippen molar-refractivity contribution in [3.63, 3.8) is 0 Å². The first-order valence-electron chi connectivity index (χ1n) is 8.34. The van der Waals surface area contributed by atoms with Crippen LogP contribution in [0.2, 0.25) is 0 Å². The summed E-state index contributed by atoms with van der Waals surface area (Å²) < 4.78 is 48.8. The first-order valence-corrected chi connectivity index (χ1v) is 8.34. The van der Waals surface area contributed by atoms with Gasteiger partial charge in [0.25, 0.3) is 5.91 Å². The van der Waals surface area contributed by atoms with Gasteiger partial charge in [-0.05, 0) is 43.3 Å². The number of benzene rings is 2. The van der Waals surface area contributed by atoms with Crippen molar-refractivity contribution >= 4 is 5.91 Å². The number of nitrogens with zero attached hydrogens (tertiary/aromatic N) is 2. The zero-order valence-electron chi connectivity index (χ0n) is 14.8. The maximum atomic E-state index is 12.8. The fraction of sp³-hybridized carbons (Fsp3) is 0.211. The third kappa shape index (κ3) is 5.09. The number of carbonyl (C=O) groups is 1. The summed E-state index contributed by atoms with van der Waals surface area (Å²) in [5, 5.41) is 6.37. The van der Waals surface area contributed by atoms with E-state index >= 15 is 0 Å². The van der Waals surface area contributed by atoms with E-state index in [1.807, 2.05) is 0 Å². The van der Waals surface area contributed by atoms with Gasteiger partial charge in [0, 0.05) is 18.5 Å². The van der Waals surface area contributed by atoms with Crippen LogP contribution in [0.5, 0.6) is 11.5 Å². The standard InChI is InChI=1S/C19H16F3N3O3/c1-12-24-17(28-25-12)8-9-23-18(26)13-4-2-6-15(10-13)27-16-7-3-5-14(11-16)19(20,21)22/h2-7,10-11H,8-9H2,1H3,(H,23,26). The van der Waals surface area contributed by atoms with Gasteiger partial charge in [-0.25, -0.2) is 0 Å². The second-order valence-corrected chi connectivity index (χ2v) is 5.90. The van der Waals surface area contributed by atoms with Gasteiger partial charge in [0.2, 0.25) is 5.89 Å². The fourth-order valence-electron chi connectivity index (χ4n) is 2.40. The van der Waals surface area contributed by atoms with Crippen LogP contribution in [0.4, 0.5) is 13.2 Å². The van der Waals surface area contributed by atoms with Gasteiger partial charge in [-0.3, -0.25) is 4.79 Å². The molecule has 0 atom stereocenters. The summed E-state index contributed by atoms with van der Waals surface area (Å²) in [6.07, 6.45) is -4.08. The Labute approximate surface area is 158 Å². The maximum Gasteiger partial charge on any atom is 0.416 e. The topological polar surface area (TPSA) is 77.2 Å². The highest BCUT2D eigenvalue weighted by molar-refractivity contribution is 5.94. The second kappa shape index (κ2) is 8.12. The lowest BCUT2D eigenvalue weighted by Crippen LogP contribution is -2.25. The first-order chi connectivity index (χ1) is 13.3. The van der Waals surface area contributed by atoms with Crippen LogP contribution in [0.25, 0.3) is 0 Å². The third-order valence-electron chi connectivity index (χ3n) is 3.69. The van der Waals surface area contributed by atoms with Gasteiger partial charge in [0.15, 0.2) is 5.82 Å². The summed E-state index contributed by atoms with van der Waals surface area (Å²) in [4.78, 5) is 16.3. The molecule has 0 radical (unpaired) electrons. The molecule has 9 heteroatoms. The normalized spacial score (nSPS) is 11.3. The lowest BCUT2D eigenvalue weighted by molar-refractivity contribution is -0.137. The summed E-state index contributed by atoms with van der Waals surface area (Å²) in [6, 6.07) is 10.7. The van der Waals surface area contributed by atoms with Crippen LogP contribution in [0.3, 0.4) is 0 Å². The van der Waals surface area contributed by atoms with Crippen LogP contribution in [0.1, 0.15) is 27.6 Å². The van der Waals surface area contributed by atoms with Crippen molar-refractivity contribution in [2.24, 2.45) is 0 Å². The summed E-state index contributed by atoms with van der Waals surface area (Å²) in [6.45, 7) is 1.99. The molecule has 0 aliphatic rings. The van der Waals surface area contributed by atoms with E-state index in [0.29, 0.717) is 30.2 Å². The second-order valence-electron chi connectivity index (χ2n) is 5.90. The summed E-state index contributed by atoms with van der Waals surface area (Å²) in [5.74, 6) is 0.851. The molecule has 0 aliphatic heterocycles. The van der Waals surface area contributed by atoms with E-state index in [4.69, 9.17) is 9.26 Å². The minimum Gasteiger partial charge on any atom is -0.457 e. The van der Waals surface area contributed by atoms with E-state index in [-0.39, 0.29) is 17.4 Å². The highest BCUT2D eigenvalue weighted by atomic mass is 19.4. The van der Waals surface area contributed by atoms with Crippen LogP contribution in [-0.2, 0) is 12.6 Å². The Morgan fingerprint density at radius 2 is 1.86 bits per heavy atom. The van der Waals surface area contributed by atoms with Crippen LogP contribution >= 0.6 is 0 Å². The number of alkyl halides is 3. The molecule has 1 heterocycles. The minimum absolute atomic E-state index is 0.0270. The van der Waals surface area contributed by atoms with Gasteiger partial charge in [0.05, 0.1) is 5.56 Å². The molecule has 0 bridgehead atoms. The third-order valence-corrected chi connectivity index (χ3v) is 3.69. The predicted octanol–water partition coefficient (Wildman–Crippen LogP) is 4.16. The van der Waals surface area contributed by atoms with Crippen molar-refractivity contribution in [3.05, 3.63) is 71.4 Å².